The van der Waals surface area contributed by atoms with Crippen molar-refractivity contribution < 1.29 is 4.74 Å². The van der Waals surface area contributed by atoms with Crippen LogP contribution in [-0.4, -0.2) is 43.8 Å². The van der Waals surface area contributed by atoms with E-state index in [1.807, 2.05) is 7.05 Å². The van der Waals surface area contributed by atoms with E-state index in [-0.39, 0.29) is 0 Å². The topological polar surface area (TPSA) is 24.5 Å². The number of benzene rings is 1. The van der Waals surface area contributed by atoms with E-state index in [4.69, 9.17) is 4.74 Å². The van der Waals surface area contributed by atoms with Gasteiger partial charge < -0.3 is 10.1 Å². The maximum atomic E-state index is 5.71. The lowest BCUT2D eigenvalue weighted by molar-refractivity contribution is -0.0519. The minimum absolute atomic E-state index is 0.337. The van der Waals surface area contributed by atoms with Gasteiger partial charge in [-0.3, -0.25) is 4.90 Å². The fourth-order valence-electron chi connectivity index (χ4n) is 2.81. The summed E-state index contributed by atoms with van der Waals surface area (Å²) in [4.78, 5) is 2.53. The van der Waals surface area contributed by atoms with Crippen molar-refractivity contribution in [3.8, 4) is 0 Å². The standard InChI is InChI=1S/C17H28N2O/c1-12-6-7-16(8-13(12)2)17(18-5)10-19-9-15(4)20-11-14(19)3/h6-8,14-15,17-18H,9-11H2,1-5H3. The fraction of sp³-hybridized carbons (Fsp3) is 0.647. The summed E-state index contributed by atoms with van der Waals surface area (Å²) in [7, 11) is 2.05. The highest BCUT2D eigenvalue weighted by Gasteiger charge is 2.25. The van der Waals surface area contributed by atoms with Crippen LogP contribution in [0.25, 0.3) is 0 Å². The first-order valence-electron chi connectivity index (χ1n) is 7.61. The lowest BCUT2D eigenvalue weighted by Crippen LogP contribution is -2.49. The molecule has 3 unspecified atom stereocenters. The molecule has 0 saturated carbocycles. The van der Waals surface area contributed by atoms with Crippen molar-refractivity contribution in [3.05, 3.63) is 34.9 Å². The molecule has 112 valence electrons. The number of morpholine rings is 1. The van der Waals surface area contributed by atoms with Crippen LogP contribution in [0.5, 0.6) is 0 Å². The van der Waals surface area contributed by atoms with Crippen molar-refractivity contribution in [2.24, 2.45) is 0 Å². The third kappa shape index (κ3) is 3.60. The summed E-state index contributed by atoms with van der Waals surface area (Å²) in [5.74, 6) is 0. The number of aryl methyl sites for hydroxylation is 2. The Bertz CT molecular complexity index is 447. The van der Waals surface area contributed by atoms with Gasteiger partial charge in [0.1, 0.15) is 0 Å². The highest BCUT2D eigenvalue weighted by molar-refractivity contribution is 5.31. The summed E-state index contributed by atoms with van der Waals surface area (Å²) in [6.45, 7) is 11.6. The van der Waals surface area contributed by atoms with E-state index >= 15 is 0 Å². The SMILES string of the molecule is CNC(CN1CC(C)OCC1C)c1ccc(C)c(C)c1. The van der Waals surface area contributed by atoms with Crippen molar-refractivity contribution in [2.75, 3.05) is 26.7 Å². The molecule has 0 aliphatic carbocycles. The monoisotopic (exact) mass is 276 g/mol. The predicted molar refractivity (Wildman–Crippen MR) is 84.2 cm³/mol. The quantitative estimate of drug-likeness (QED) is 0.915. The molecular formula is C17H28N2O. The molecule has 0 radical (unpaired) electrons. The molecule has 0 bridgehead atoms. The van der Waals surface area contributed by atoms with Gasteiger partial charge in [-0.25, -0.2) is 0 Å². The summed E-state index contributed by atoms with van der Waals surface area (Å²) in [5, 5.41) is 3.47. The zero-order chi connectivity index (χ0) is 14.7. The first kappa shape index (κ1) is 15.5. The molecule has 3 heteroatoms. The summed E-state index contributed by atoms with van der Waals surface area (Å²) >= 11 is 0. The number of nitrogens with zero attached hydrogens (tertiary/aromatic N) is 1. The van der Waals surface area contributed by atoms with Crippen molar-refractivity contribution in [1.82, 2.24) is 10.2 Å². The summed E-state index contributed by atoms with van der Waals surface area (Å²) in [6, 6.07) is 7.65. The van der Waals surface area contributed by atoms with Crippen LogP contribution in [0.4, 0.5) is 0 Å². The molecular weight excluding hydrogens is 248 g/mol. The van der Waals surface area contributed by atoms with Crippen LogP contribution in [0, 0.1) is 13.8 Å². The Morgan fingerprint density at radius 3 is 2.70 bits per heavy atom. The van der Waals surface area contributed by atoms with E-state index in [9.17, 15) is 0 Å². The highest BCUT2D eigenvalue weighted by atomic mass is 16.5. The highest BCUT2D eigenvalue weighted by Crippen LogP contribution is 2.21. The summed E-state index contributed by atoms with van der Waals surface area (Å²) in [6.07, 6.45) is 0.337. The molecule has 20 heavy (non-hydrogen) atoms. The van der Waals surface area contributed by atoms with Gasteiger partial charge in [-0.1, -0.05) is 18.2 Å². The van der Waals surface area contributed by atoms with Crippen molar-refractivity contribution in [1.29, 1.82) is 0 Å². The first-order valence-corrected chi connectivity index (χ1v) is 7.61. The number of nitrogens with one attached hydrogen (secondary N) is 1. The minimum Gasteiger partial charge on any atom is -0.376 e. The Hall–Kier alpha value is -0.900. The maximum Gasteiger partial charge on any atom is 0.0674 e. The maximum absolute atomic E-state index is 5.71. The Labute approximate surface area is 123 Å². The van der Waals surface area contributed by atoms with Crippen molar-refractivity contribution >= 4 is 0 Å². The predicted octanol–water partition coefficient (Wildman–Crippen LogP) is 2.67. The molecule has 1 aliphatic heterocycles. The molecule has 1 aromatic rings. The molecule has 0 amide bonds. The van der Waals surface area contributed by atoms with Crippen LogP contribution < -0.4 is 5.32 Å². The fourth-order valence-corrected chi connectivity index (χ4v) is 2.81. The molecule has 1 N–H and O–H groups in total. The molecule has 1 aliphatic rings. The van der Waals surface area contributed by atoms with Gasteiger partial charge in [0, 0.05) is 25.2 Å². The van der Waals surface area contributed by atoms with Gasteiger partial charge >= 0.3 is 0 Å². The zero-order valence-corrected chi connectivity index (χ0v) is 13.4. The number of ether oxygens (including phenoxy) is 1. The normalized spacial score (nSPS) is 25.6. The average molecular weight is 276 g/mol. The number of hydrogen-bond acceptors (Lipinski definition) is 3. The second-order valence-electron chi connectivity index (χ2n) is 6.13. The number of rotatable bonds is 4. The van der Waals surface area contributed by atoms with Gasteiger partial charge in [-0.05, 0) is 51.4 Å². The average Bonchev–Trinajstić information content (AvgIpc) is 2.43. The second-order valence-corrected chi connectivity index (χ2v) is 6.13. The first-order chi connectivity index (χ1) is 9.51. The molecule has 1 heterocycles. The van der Waals surface area contributed by atoms with Gasteiger partial charge in [0.25, 0.3) is 0 Å². The Kier molecular flexibility index (Phi) is 5.19. The molecule has 0 spiro atoms. The van der Waals surface area contributed by atoms with Crippen LogP contribution in [0.3, 0.4) is 0 Å². The third-order valence-electron chi connectivity index (χ3n) is 4.44. The lowest BCUT2D eigenvalue weighted by atomic mass is 10.00. The van der Waals surface area contributed by atoms with Crippen LogP contribution in [0.1, 0.15) is 36.6 Å². The van der Waals surface area contributed by atoms with E-state index in [1.54, 1.807) is 0 Å². The molecule has 0 aromatic heterocycles. The largest absolute Gasteiger partial charge is 0.376 e. The second kappa shape index (κ2) is 6.70. The molecule has 1 fully saturated rings. The Morgan fingerprint density at radius 2 is 2.05 bits per heavy atom. The van der Waals surface area contributed by atoms with Crippen molar-refractivity contribution in [2.45, 2.75) is 45.9 Å². The van der Waals surface area contributed by atoms with Crippen LogP contribution >= 0.6 is 0 Å². The Balaban J connectivity index is 2.09. The van der Waals surface area contributed by atoms with Gasteiger partial charge in [-0.15, -0.1) is 0 Å². The molecule has 3 atom stereocenters. The van der Waals surface area contributed by atoms with Crippen LogP contribution in [0.15, 0.2) is 18.2 Å². The molecule has 1 aromatic carbocycles. The van der Waals surface area contributed by atoms with Gasteiger partial charge in [0.2, 0.25) is 0 Å². The van der Waals surface area contributed by atoms with E-state index in [2.05, 4.69) is 56.1 Å². The molecule has 2 rings (SSSR count). The lowest BCUT2D eigenvalue weighted by Gasteiger charge is -2.38. The smallest absolute Gasteiger partial charge is 0.0674 e. The van der Waals surface area contributed by atoms with E-state index in [0.717, 1.165) is 19.7 Å². The molecule has 1 saturated heterocycles. The van der Waals surface area contributed by atoms with E-state index in [1.165, 1.54) is 16.7 Å². The third-order valence-corrected chi connectivity index (χ3v) is 4.44. The number of likely N-dealkylation sites (N-methyl/N-ethyl adjacent to an activating group) is 1. The van der Waals surface area contributed by atoms with Gasteiger partial charge in [-0.2, -0.15) is 0 Å². The summed E-state index contributed by atoms with van der Waals surface area (Å²) < 4.78 is 5.71. The minimum atomic E-state index is 0.337. The van der Waals surface area contributed by atoms with E-state index in [0.29, 0.717) is 18.2 Å². The van der Waals surface area contributed by atoms with Crippen molar-refractivity contribution in [3.63, 3.8) is 0 Å². The summed E-state index contributed by atoms with van der Waals surface area (Å²) in [5.41, 5.74) is 4.10. The zero-order valence-electron chi connectivity index (χ0n) is 13.4. The van der Waals surface area contributed by atoms with Gasteiger partial charge in [0.15, 0.2) is 0 Å². The van der Waals surface area contributed by atoms with Crippen LogP contribution in [-0.2, 0) is 4.74 Å². The number of hydrogen-bond donors (Lipinski definition) is 1. The molecule has 3 nitrogen and oxygen atoms in total. The van der Waals surface area contributed by atoms with E-state index < -0.39 is 0 Å². The van der Waals surface area contributed by atoms with Crippen LogP contribution in [0.2, 0.25) is 0 Å². The Morgan fingerprint density at radius 1 is 1.30 bits per heavy atom. The van der Waals surface area contributed by atoms with Gasteiger partial charge in [0.05, 0.1) is 12.7 Å².